The maximum atomic E-state index is 12.6. The first-order valence-electron chi connectivity index (χ1n) is 7.41. The third-order valence-electron chi connectivity index (χ3n) is 3.40. The SMILES string of the molecule is CN=C(NCCOc1cccc(C(F)(F)F)c1)NC1CC=CC1.I. The van der Waals surface area contributed by atoms with Crippen LogP contribution in [-0.4, -0.2) is 32.2 Å². The molecule has 1 aromatic carbocycles. The van der Waals surface area contributed by atoms with Gasteiger partial charge in [-0.1, -0.05) is 18.2 Å². The highest BCUT2D eigenvalue weighted by atomic mass is 127. The molecule has 0 amide bonds. The average Bonchev–Trinajstić information content (AvgIpc) is 3.03. The summed E-state index contributed by atoms with van der Waals surface area (Å²) in [5.41, 5.74) is -0.714. The van der Waals surface area contributed by atoms with Crippen molar-refractivity contribution in [3.63, 3.8) is 0 Å². The zero-order chi connectivity index (χ0) is 16.7. The van der Waals surface area contributed by atoms with Crippen LogP contribution in [0.2, 0.25) is 0 Å². The summed E-state index contributed by atoms with van der Waals surface area (Å²) in [5.74, 6) is 0.857. The molecular formula is C16H21F3IN3O. The number of benzene rings is 1. The highest BCUT2D eigenvalue weighted by molar-refractivity contribution is 14.0. The minimum Gasteiger partial charge on any atom is -0.492 e. The van der Waals surface area contributed by atoms with Crippen LogP contribution >= 0.6 is 24.0 Å². The van der Waals surface area contributed by atoms with Crippen molar-refractivity contribution in [1.82, 2.24) is 10.6 Å². The average molecular weight is 455 g/mol. The van der Waals surface area contributed by atoms with Crippen molar-refractivity contribution in [3.8, 4) is 5.75 Å². The normalized spacial score (nSPS) is 15.1. The van der Waals surface area contributed by atoms with Crippen molar-refractivity contribution in [3.05, 3.63) is 42.0 Å². The van der Waals surface area contributed by atoms with Gasteiger partial charge in [0.15, 0.2) is 5.96 Å². The lowest BCUT2D eigenvalue weighted by Gasteiger charge is -2.17. The van der Waals surface area contributed by atoms with Gasteiger partial charge in [-0.25, -0.2) is 0 Å². The highest BCUT2D eigenvalue weighted by Crippen LogP contribution is 2.31. The topological polar surface area (TPSA) is 45.7 Å². The Morgan fingerprint density at radius 1 is 1.29 bits per heavy atom. The molecule has 1 aliphatic rings. The molecule has 1 aromatic rings. The Kier molecular flexibility index (Phi) is 8.37. The molecule has 0 fully saturated rings. The smallest absolute Gasteiger partial charge is 0.416 e. The van der Waals surface area contributed by atoms with Crippen LogP contribution in [0.1, 0.15) is 18.4 Å². The lowest BCUT2D eigenvalue weighted by atomic mass is 10.2. The Labute approximate surface area is 156 Å². The maximum absolute atomic E-state index is 12.6. The minimum atomic E-state index is -4.36. The van der Waals surface area contributed by atoms with Crippen molar-refractivity contribution >= 4 is 29.9 Å². The van der Waals surface area contributed by atoms with Gasteiger partial charge >= 0.3 is 6.18 Å². The summed E-state index contributed by atoms with van der Waals surface area (Å²) in [6, 6.07) is 5.20. The van der Waals surface area contributed by atoms with Crippen molar-refractivity contribution in [2.24, 2.45) is 4.99 Å². The Balaban J connectivity index is 0.00000288. The largest absolute Gasteiger partial charge is 0.492 e. The quantitative estimate of drug-likeness (QED) is 0.235. The highest BCUT2D eigenvalue weighted by Gasteiger charge is 2.30. The molecule has 134 valence electrons. The number of hydrogen-bond donors (Lipinski definition) is 2. The van der Waals surface area contributed by atoms with E-state index in [0.29, 0.717) is 18.5 Å². The predicted molar refractivity (Wildman–Crippen MR) is 99.0 cm³/mol. The number of aliphatic imine (C=N–C) groups is 1. The molecular weight excluding hydrogens is 434 g/mol. The van der Waals surface area contributed by atoms with Crippen LogP contribution in [0, 0.1) is 0 Å². The molecule has 4 nitrogen and oxygen atoms in total. The summed E-state index contributed by atoms with van der Waals surface area (Å²) in [4.78, 5) is 4.10. The molecule has 2 rings (SSSR count). The zero-order valence-corrected chi connectivity index (χ0v) is 15.6. The predicted octanol–water partition coefficient (Wildman–Crippen LogP) is 3.59. The van der Waals surface area contributed by atoms with E-state index in [-0.39, 0.29) is 36.3 Å². The summed E-state index contributed by atoms with van der Waals surface area (Å²) in [7, 11) is 1.67. The number of halogens is 4. The number of alkyl halides is 3. The summed E-state index contributed by atoms with van der Waals surface area (Å²) < 4.78 is 43.2. The third kappa shape index (κ3) is 6.58. The molecule has 1 aliphatic carbocycles. The fourth-order valence-corrected chi connectivity index (χ4v) is 2.22. The molecule has 0 unspecified atom stereocenters. The van der Waals surface area contributed by atoms with Crippen LogP contribution in [-0.2, 0) is 6.18 Å². The van der Waals surface area contributed by atoms with Crippen molar-refractivity contribution < 1.29 is 17.9 Å². The molecule has 0 spiro atoms. The van der Waals surface area contributed by atoms with Gasteiger partial charge in [0.2, 0.25) is 0 Å². The van der Waals surface area contributed by atoms with Gasteiger partial charge < -0.3 is 15.4 Å². The van der Waals surface area contributed by atoms with Gasteiger partial charge in [0.05, 0.1) is 12.1 Å². The summed E-state index contributed by atoms with van der Waals surface area (Å²) in [5, 5.41) is 6.34. The molecule has 0 aromatic heterocycles. The van der Waals surface area contributed by atoms with Gasteiger partial charge in [0, 0.05) is 13.1 Å². The van der Waals surface area contributed by atoms with Gasteiger partial charge in [-0.15, -0.1) is 24.0 Å². The van der Waals surface area contributed by atoms with Crippen LogP contribution in [0.15, 0.2) is 41.4 Å². The van der Waals surface area contributed by atoms with Crippen LogP contribution in [0.4, 0.5) is 13.2 Å². The van der Waals surface area contributed by atoms with Crippen LogP contribution < -0.4 is 15.4 Å². The number of nitrogens with one attached hydrogen (secondary N) is 2. The van der Waals surface area contributed by atoms with Crippen LogP contribution in [0.5, 0.6) is 5.75 Å². The molecule has 0 radical (unpaired) electrons. The lowest BCUT2D eigenvalue weighted by Crippen LogP contribution is -2.43. The Bertz CT molecular complexity index is 568. The molecule has 0 saturated heterocycles. The molecule has 2 N–H and O–H groups in total. The third-order valence-corrected chi connectivity index (χ3v) is 3.40. The number of guanidine groups is 1. The van der Waals surface area contributed by atoms with Gasteiger partial charge in [-0.05, 0) is 31.0 Å². The second-order valence-corrected chi connectivity index (χ2v) is 5.16. The van der Waals surface area contributed by atoms with E-state index in [1.807, 2.05) is 0 Å². The minimum absolute atomic E-state index is 0. The number of nitrogens with zero attached hydrogens (tertiary/aromatic N) is 1. The fraction of sp³-hybridized carbons (Fsp3) is 0.438. The fourth-order valence-electron chi connectivity index (χ4n) is 2.22. The van der Waals surface area contributed by atoms with Crippen molar-refractivity contribution in [1.29, 1.82) is 0 Å². The van der Waals surface area contributed by atoms with Crippen molar-refractivity contribution in [2.75, 3.05) is 20.2 Å². The standard InChI is InChI=1S/C16H20F3N3O.HI/c1-20-15(22-13-6-2-3-7-13)21-9-10-23-14-8-4-5-12(11-14)16(17,18)19;/h2-5,8,11,13H,6-7,9-10H2,1H3,(H2,20,21,22);1H. The van der Waals surface area contributed by atoms with E-state index in [1.54, 1.807) is 7.05 Å². The van der Waals surface area contributed by atoms with Gasteiger partial charge in [0.1, 0.15) is 12.4 Å². The molecule has 0 aliphatic heterocycles. The molecule has 0 saturated carbocycles. The van der Waals surface area contributed by atoms with E-state index in [9.17, 15) is 13.2 Å². The van der Waals surface area contributed by atoms with E-state index in [0.717, 1.165) is 25.0 Å². The van der Waals surface area contributed by atoms with Crippen LogP contribution in [0.25, 0.3) is 0 Å². The van der Waals surface area contributed by atoms with Crippen LogP contribution in [0.3, 0.4) is 0 Å². The number of hydrogen-bond acceptors (Lipinski definition) is 2. The summed E-state index contributed by atoms with van der Waals surface area (Å²) in [6.45, 7) is 0.682. The zero-order valence-electron chi connectivity index (χ0n) is 13.3. The van der Waals surface area contributed by atoms with Gasteiger partial charge in [0.25, 0.3) is 0 Å². The Hall–Kier alpha value is -1.45. The second-order valence-electron chi connectivity index (χ2n) is 5.16. The second kappa shape index (κ2) is 9.75. The summed E-state index contributed by atoms with van der Waals surface area (Å²) >= 11 is 0. The monoisotopic (exact) mass is 455 g/mol. The Morgan fingerprint density at radius 3 is 2.62 bits per heavy atom. The van der Waals surface area contributed by atoms with E-state index < -0.39 is 11.7 Å². The molecule has 8 heteroatoms. The lowest BCUT2D eigenvalue weighted by molar-refractivity contribution is -0.137. The maximum Gasteiger partial charge on any atom is 0.416 e. The number of ether oxygens (including phenoxy) is 1. The number of rotatable bonds is 5. The molecule has 24 heavy (non-hydrogen) atoms. The first-order chi connectivity index (χ1) is 11.0. The van der Waals surface area contributed by atoms with E-state index in [4.69, 9.17) is 4.74 Å². The molecule has 0 bridgehead atoms. The van der Waals surface area contributed by atoms with E-state index >= 15 is 0 Å². The van der Waals surface area contributed by atoms with Crippen molar-refractivity contribution in [2.45, 2.75) is 25.1 Å². The Morgan fingerprint density at radius 2 is 2.00 bits per heavy atom. The molecule has 0 heterocycles. The summed E-state index contributed by atoms with van der Waals surface area (Å²) in [6.07, 6.45) is 1.78. The first-order valence-corrected chi connectivity index (χ1v) is 7.41. The first kappa shape index (κ1) is 20.6. The molecule has 0 atom stereocenters. The van der Waals surface area contributed by atoms with Gasteiger partial charge in [-0.2, -0.15) is 13.2 Å². The van der Waals surface area contributed by atoms with E-state index in [2.05, 4.69) is 27.8 Å². The van der Waals surface area contributed by atoms with E-state index in [1.165, 1.54) is 12.1 Å². The van der Waals surface area contributed by atoms with Gasteiger partial charge in [-0.3, -0.25) is 4.99 Å².